The van der Waals surface area contributed by atoms with Gasteiger partial charge in [-0.05, 0) is 42.9 Å². The molecule has 3 nitrogen and oxygen atoms in total. The quantitative estimate of drug-likeness (QED) is 0.772. The van der Waals surface area contributed by atoms with Gasteiger partial charge in [0.15, 0.2) is 0 Å². The maximum absolute atomic E-state index is 5.85. The molecule has 0 aliphatic carbocycles. The number of nitrogen functional groups attached to an aromatic ring is 2. The summed E-state index contributed by atoms with van der Waals surface area (Å²) >= 11 is 0. The van der Waals surface area contributed by atoms with Crippen LogP contribution < -0.4 is 16.4 Å². The first-order valence-electron chi connectivity index (χ1n) is 6.48. The second-order valence-electron chi connectivity index (χ2n) is 5.38. The maximum atomic E-state index is 5.85. The van der Waals surface area contributed by atoms with Gasteiger partial charge >= 0.3 is 0 Å². The molecule has 0 aromatic heterocycles. The van der Waals surface area contributed by atoms with Gasteiger partial charge in [-0.3, -0.25) is 0 Å². The molecule has 1 aromatic carbocycles. The SMILES string of the molecule is CC(C)C1CCN(c2ccc(N)c(N)c2)CC1. The first-order chi connectivity index (χ1) is 8.08. The number of hydrogen-bond donors (Lipinski definition) is 2. The van der Waals surface area contributed by atoms with Gasteiger partial charge in [-0.2, -0.15) is 0 Å². The molecule has 1 saturated heterocycles. The first-order valence-corrected chi connectivity index (χ1v) is 6.48. The van der Waals surface area contributed by atoms with Crippen molar-refractivity contribution in [3.63, 3.8) is 0 Å². The Labute approximate surface area is 104 Å². The molecule has 0 unspecified atom stereocenters. The fourth-order valence-electron chi connectivity index (χ4n) is 2.58. The number of benzene rings is 1. The second kappa shape index (κ2) is 4.86. The molecule has 0 spiro atoms. The van der Waals surface area contributed by atoms with Gasteiger partial charge in [0.25, 0.3) is 0 Å². The zero-order valence-corrected chi connectivity index (χ0v) is 10.8. The molecule has 1 aromatic rings. The summed E-state index contributed by atoms with van der Waals surface area (Å²) in [6.45, 7) is 6.90. The third-order valence-corrected chi connectivity index (χ3v) is 3.92. The minimum atomic E-state index is 0.672. The minimum absolute atomic E-state index is 0.672. The van der Waals surface area contributed by atoms with Crippen LogP contribution in [0.1, 0.15) is 26.7 Å². The van der Waals surface area contributed by atoms with E-state index in [0.717, 1.165) is 24.9 Å². The van der Waals surface area contributed by atoms with E-state index in [0.29, 0.717) is 11.4 Å². The van der Waals surface area contributed by atoms with Crippen molar-refractivity contribution < 1.29 is 0 Å². The Bertz CT molecular complexity index is 379. The normalized spacial score (nSPS) is 17.7. The minimum Gasteiger partial charge on any atom is -0.397 e. The molecule has 0 radical (unpaired) electrons. The predicted octanol–water partition coefficient (Wildman–Crippen LogP) is 2.72. The standard InChI is InChI=1S/C14H23N3/c1-10(2)11-5-7-17(8-6-11)12-3-4-13(15)14(16)9-12/h3-4,9-11H,5-8,15-16H2,1-2H3. The van der Waals surface area contributed by atoms with Crippen molar-refractivity contribution in [2.75, 3.05) is 29.5 Å². The van der Waals surface area contributed by atoms with Gasteiger partial charge in [-0.1, -0.05) is 13.8 Å². The Kier molecular flexibility index (Phi) is 3.46. The summed E-state index contributed by atoms with van der Waals surface area (Å²) < 4.78 is 0. The topological polar surface area (TPSA) is 55.3 Å². The Morgan fingerprint density at radius 1 is 1.12 bits per heavy atom. The van der Waals surface area contributed by atoms with E-state index in [4.69, 9.17) is 11.5 Å². The lowest BCUT2D eigenvalue weighted by Gasteiger charge is -2.35. The molecule has 0 amide bonds. The van der Waals surface area contributed by atoms with Gasteiger partial charge in [-0.25, -0.2) is 0 Å². The summed E-state index contributed by atoms with van der Waals surface area (Å²) in [7, 11) is 0. The van der Waals surface area contributed by atoms with E-state index in [1.165, 1.54) is 18.5 Å². The average molecular weight is 233 g/mol. The largest absolute Gasteiger partial charge is 0.397 e. The van der Waals surface area contributed by atoms with Crippen molar-refractivity contribution in [2.45, 2.75) is 26.7 Å². The molecule has 2 rings (SSSR count). The molecule has 1 aliphatic rings. The Hall–Kier alpha value is -1.38. The molecular formula is C14H23N3. The molecule has 1 fully saturated rings. The lowest BCUT2D eigenvalue weighted by molar-refractivity contribution is 0.311. The van der Waals surface area contributed by atoms with Crippen molar-refractivity contribution in [1.29, 1.82) is 0 Å². The van der Waals surface area contributed by atoms with Gasteiger partial charge in [0.05, 0.1) is 11.4 Å². The number of hydrogen-bond acceptors (Lipinski definition) is 3. The molecule has 0 bridgehead atoms. The number of anilines is 3. The zero-order chi connectivity index (χ0) is 12.4. The zero-order valence-electron chi connectivity index (χ0n) is 10.8. The fourth-order valence-corrected chi connectivity index (χ4v) is 2.58. The smallest absolute Gasteiger partial charge is 0.0568 e. The second-order valence-corrected chi connectivity index (χ2v) is 5.38. The van der Waals surface area contributed by atoms with E-state index in [-0.39, 0.29) is 0 Å². The van der Waals surface area contributed by atoms with E-state index in [2.05, 4.69) is 24.8 Å². The fraction of sp³-hybridized carbons (Fsp3) is 0.571. The summed E-state index contributed by atoms with van der Waals surface area (Å²) in [5.41, 5.74) is 14.2. The number of rotatable bonds is 2. The highest BCUT2D eigenvalue weighted by Gasteiger charge is 2.21. The van der Waals surface area contributed by atoms with Crippen LogP contribution in [0.4, 0.5) is 17.1 Å². The molecule has 17 heavy (non-hydrogen) atoms. The monoisotopic (exact) mass is 233 g/mol. The van der Waals surface area contributed by atoms with Gasteiger partial charge in [0.1, 0.15) is 0 Å². The van der Waals surface area contributed by atoms with E-state index in [1.807, 2.05) is 12.1 Å². The average Bonchev–Trinajstić information content (AvgIpc) is 2.33. The third-order valence-electron chi connectivity index (χ3n) is 3.92. The highest BCUT2D eigenvalue weighted by molar-refractivity contribution is 5.69. The van der Waals surface area contributed by atoms with Crippen LogP contribution in [0.3, 0.4) is 0 Å². The highest BCUT2D eigenvalue weighted by Crippen LogP contribution is 2.29. The molecule has 4 N–H and O–H groups in total. The lowest BCUT2D eigenvalue weighted by atomic mass is 9.86. The third kappa shape index (κ3) is 2.65. The number of nitrogens with zero attached hydrogens (tertiary/aromatic N) is 1. The summed E-state index contributed by atoms with van der Waals surface area (Å²) in [4.78, 5) is 2.41. The molecular weight excluding hydrogens is 210 g/mol. The van der Waals surface area contributed by atoms with E-state index >= 15 is 0 Å². The lowest BCUT2D eigenvalue weighted by Crippen LogP contribution is -2.35. The molecule has 3 heteroatoms. The van der Waals surface area contributed by atoms with Crippen molar-refractivity contribution in [3.05, 3.63) is 18.2 Å². The van der Waals surface area contributed by atoms with Gasteiger partial charge < -0.3 is 16.4 Å². The van der Waals surface area contributed by atoms with Crippen LogP contribution in [0.15, 0.2) is 18.2 Å². The van der Waals surface area contributed by atoms with Crippen LogP contribution in [-0.4, -0.2) is 13.1 Å². The van der Waals surface area contributed by atoms with Crippen molar-refractivity contribution in [1.82, 2.24) is 0 Å². The molecule has 1 aliphatic heterocycles. The van der Waals surface area contributed by atoms with E-state index in [9.17, 15) is 0 Å². The summed E-state index contributed by atoms with van der Waals surface area (Å²) in [6, 6.07) is 5.96. The van der Waals surface area contributed by atoms with E-state index in [1.54, 1.807) is 0 Å². The van der Waals surface area contributed by atoms with Gasteiger partial charge in [-0.15, -0.1) is 0 Å². The van der Waals surface area contributed by atoms with Gasteiger partial charge in [0.2, 0.25) is 0 Å². The Balaban J connectivity index is 2.03. The number of piperidine rings is 1. The predicted molar refractivity (Wildman–Crippen MR) is 75.0 cm³/mol. The number of nitrogens with two attached hydrogens (primary N) is 2. The summed E-state index contributed by atoms with van der Waals surface area (Å²) in [5, 5.41) is 0. The molecule has 0 saturated carbocycles. The molecule has 94 valence electrons. The van der Waals surface area contributed by atoms with E-state index < -0.39 is 0 Å². The summed E-state index contributed by atoms with van der Waals surface area (Å²) in [5.74, 6) is 1.67. The van der Waals surface area contributed by atoms with Crippen LogP contribution in [0, 0.1) is 11.8 Å². The highest BCUT2D eigenvalue weighted by atomic mass is 15.1. The van der Waals surface area contributed by atoms with Crippen LogP contribution in [0.2, 0.25) is 0 Å². The van der Waals surface area contributed by atoms with Crippen molar-refractivity contribution in [2.24, 2.45) is 11.8 Å². The Morgan fingerprint density at radius 2 is 1.76 bits per heavy atom. The van der Waals surface area contributed by atoms with Crippen molar-refractivity contribution in [3.8, 4) is 0 Å². The van der Waals surface area contributed by atoms with Crippen LogP contribution in [0.25, 0.3) is 0 Å². The molecule has 0 atom stereocenters. The van der Waals surface area contributed by atoms with Crippen LogP contribution in [0.5, 0.6) is 0 Å². The van der Waals surface area contributed by atoms with Crippen LogP contribution >= 0.6 is 0 Å². The first kappa shape index (κ1) is 12.1. The maximum Gasteiger partial charge on any atom is 0.0568 e. The van der Waals surface area contributed by atoms with Gasteiger partial charge in [0, 0.05) is 18.8 Å². The van der Waals surface area contributed by atoms with Crippen LogP contribution in [-0.2, 0) is 0 Å². The molecule has 1 heterocycles. The van der Waals surface area contributed by atoms with Crippen molar-refractivity contribution >= 4 is 17.1 Å². The summed E-state index contributed by atoms with van der Waals surface area (Å²) in [6.07, 6.45) is 2.56. The Morgan fingerprint density at radius 3 is 2.29 bits per heavy atom.